The van der Waals surface area contributed by atoms with Gasteiger partial charge in [-0.25, -0.2) is 0 Å². The van der Waals surface area contributed by atoms with Crippen LogP contribution in [-0.2, 0) is 9.59 Å². The molecule has 25 heavy (non-hydrogen) atoms. The van der Waals surface area contributed by atoms with Crippen molar-refractivity contribution >= 4 is 46.4 Å². The van der Waals surface area contributed by atoms with Gasteiger partial charge in [-0.05, 0) is 49.7 Å². The summed E-state index contributed by atoms with van der Waals surface area (Å²) < 4.78 is 0. The summed E-state index contributed by atoms with van der Waals surface area (Å²) in [6.07, 6.45) is 0. The van der Waals surface area contributed by atoms with Crippen molar-refractivity contribution in [3.05, 3.63) is 58.1 Å². The third-order valence-corrected chi connectivity index (χ3v) is 4.36. The molecule has 0 spiro atoms. The largest absolute Gasteiger partial charge is 0.311 e. The highest BCUT2D eigenvalue weighted by Gasteiger charge is 2.22. The van der Waals surface area contributed by atoms with Crippen LogP contribution in [0.25, 0.3) is 0 Å². The zero-order valence-electron chi connectivity index (χ0n) is 14.4. The van der Waals surface area contributed by atoms with Crippen LogP contribution in [0.5, 0.6) is 0 Å². The van der Waals surface area contributed by atoms with E-state index in [1.54, 1.807) is 23.1 Å². The van der Waals surface area contributed by atoms with Gasteiger partial charge in [0.05, 0.1) is 10.7 Å². The van der Waals surface area contributed by atoms with Crippen LogP contribution in [0.15, 0.2) is 42.5 Å². The Morgan fingerprint density at radius 1 is 1.04 bits per heavy atom. The third kappa shape index (κ3) is 4.74. The molecule has 0 saturated heterocycles. The van der Waals surface area contributed by atoms with Gasteiger partial charge >= 0.3 is 0 Å². The number of hydrogen-bond donors (Lipinski definition) is 0. The highest BCUT2D eigenvalue weighted by molar-refractivity contribution is 6.36. The van der Waals surface area contributed by atoms with Crippen LogP contribution in [0.3, 0.4) is 0 Å². The van der Waals surface area contributed by atoms with Gasteiger partial charge in [0.2, 0.25) is 11.8 Å². The van der Waals surface area contributed by atoms with Gasteiger partial charge in [0.15, 0.2) is 0 Å². The highest BCUT2D eigenvalue weighted by Crippen LogP contribution is 2.29. The molecule has 2 rings (SSSR count). The molecule has 0 aromatic heterocycles. The lowest BCUT2D eigenvalue weighted by molar-refractivity contribution is -0.121. The normalized spacial score (nSPS) is 10.4. The van der Waals surface area contributed by atoms with Crippen molar-refractivity contribution in [3.63, 3.8) is 0 Å². The molecular formula is C19H20Cl2N2O2. The maximum absolute atomic E-state index is 12.8. The molecule has 0 fully saturated rings. The Morgan fingerprint density at radius 2 is 1.76 bits per heavy atom. The van der Waals surface area contributed by atoms with Gasteiger partial charge in [-0.3, -0.25) is 9.59 Å². The molecule has 0 aliphatic rings. The molecule has 0 unspecified atom stereocenters. The SMILES string of the molecule is CCN(C(=O)CN(C(C)=O)c1cc(Cl)ccc1Cl)c1cccc(C)c1. The van der Waals surface area contributed by atoms with E-state index in [4.69, 9.17) is 23.2 Å². The van der Waals surface area contributed by atoms with E-state index in [-0.39, 0.29) is 18.4 Å². The summed E-state index contributed by atoms with van der Waals surface area (Å²) in [7, 11) is 0. The average Bonchev–Trinajstić information content (AvgIpc) is 2.55. The maximum atomic E-state index is 12.8. The summed E-state index contributed by atoms with van der Waals surface area (Å²) in [5.74, 6) is -0.475. The molecule has 6 heteroatoms. The summed E-state index contributed by atoms with van der Waals surface area (Å²) in [6, 6.07) is 12.5. The first kappa shape index (κ1) is 19.3. The average molecular weight is 379 g/mol. The molecule has 0 aliphatic carbocycles. The quantitative estimate of drug-likeness (QED) is 0.755. The first-order chi connectivity index (χ1) is 11.8. The van der Waals surface area contributed by atoms with Crippen LogP contribution in [-0.4, -0.2) is 24.9 Å². The molecule has 2 aromatic rings. The number of nitrogens with zero attached hydrogens (tertiary/aromatic N) is 2. The Kier molecular flexibility index (Phi) is 6.45. The standard InChI is InChI=1S/C19H20Cl2N2O2/c1-4-22(16-7-5-6-13(2)10-16)19(25)12-23(14(3)24)18-11-15(20)8-9-17(18)21/h5-11H,4,12H2,1-3H3. The third-order valence-electron chi connectivity index (χ3n) is 3.80. The first-order valence-electron chi connectivity index (χ1n) is 7.93. The fourth-order valence-corrected chi connectivity index (χ4v) is 2.96. The summed E-state index contributed by atoms with van der Waals surface area (Å²) in [6.45, 7) is 5.64. The van der Waals surface area contributed by atoms with Gasteiger partial charge in [-0.2, -0.15) is 0 Å². The van der Waals surface area contributed by atoms with Crippen molar-refractivity contribution in [1.29, 1.82) is 0 Å². The second-order valence-electron chi connectivity index (χ2n) is 5.68. The summed E-state index contributed by atoms with van der Waals surface area (Å²) in [5.41, 5.74) is 2.29. The maximum Gasteiger partial charge on any atom is 0.247 e. The van der Waals surface area contributed by atoms with Crippen molar-refractivity contribution in [3.8, 4) is 0 Å². The van der Waals surface area contributed by atoms with Crippen LogP contribution in [0.2, 0.25) is 10.0 Å². The molecule has 0 N–H and O–H groups in total. The number of rotatable bonds is 5. The monoisotopic (exact) mass is 378 g/mol. The Morgan fingerprint density at radius 3 is 2.36 bits per heavy atom. The second-order valence-corrected chi connectivity index (χ2v) is 6.52. The molecular weight excluding hydrogens is 359 g/mol. The van der Waals surface area contributed by atoms with Crippen molar-refractivity contribution in [1.82, 2.24) is 0 Å². The van der Waals surface area contributed by atoms with E-state index >= 15 is 0 Å². The molecule has 0 heterocycles. The van der Waals surface area contributed by atoms with Crippen LogP contribution in [0.1, 0.15) is 19.4 Å². The first-order valence-corrected chi connectivity index (χ1v) is 8.69. The molecule has 132 valence electrons. The van der Waals surface area contributed by atoms with E-state index in [1.165, 1.54) is 11.8 Å². The summed E-state index contributed by atoms with van der Waals surface area (Å²) in [5, 5.41) is 0.815. The number of carbonyl (C=O) groups is 2. The molecule has 0 radical (unpaired) electrons. The second kappa shape index (κ2) is 8.37. The molecule has 0 aliphatic heterocycles. The van der Waals surface area contributed by atoms with Crippen LogP contribution in [0, 0.1) is 6.92 Å². The Hall–Kier alpha value is -2.04. The minimum Gasteiger partial charge on any atom is -0.311 e. The van der Waals surface area contributed by atoms with Crippen LogP contribution < -0.4 is 9.80 Å². The van der Waals surface area contributed by atoms with Gasteiger partial charge < -0.3 is 9.80 Å². The van der Waals surface area contributed by atoms with Crippen LogP contribution in [0.4, 0.5) is 11.4 Å². The fraction of sp³-hybridized carbons (Fsp3) is 0.263. The van der Waals surface area contributed by atoms with E-state index in [1.807, 2.05) is 38.1 Å². The van der Waals surface area contributed by atoms with Crippen molar-refractivity contribution < 1.29 is 9.59 Å². The smallest absolute Gasteiger partial charge is 0.247 e. The van der Waals surface area contributed by atoms with Crippen molar-refractivity contribution in [2.24, 2.45) is 0 Å². The minimum atomic E-state index is -0.280. The van der Waals surface area contributed by atoms with Gasteiger partial charge in [0.25, 0.3) is 0 Å². The number of halogens is 2. The number of hydrogen-bond acceptors (Lipinski definition) is 2. The molecule has 2 aromatic carbocycles. The van der Waals surface area contributed by atoms with Gasteiger partial charge in [-0.15, -0.1) is 0 Å². The predicted molar refractivity (Wildman–Crippen MR) is 104 cm³/mol. The van der Waals surface area contributed by atoms with E-state index in [0.717, 1.165) is 11.3 Å². The lowest BCUT2D eigenvalue weighted by atomic mass is 10.2. The van der Waals surface area contributed by atoms with Gasteiger partial charge in [0.1, 0.15) is 6.54 Å². The number of anilines is 2. The molecule has 4 nitrogen and oxygen atoms in total. The molecule has 0 bridgehead atoms. The number of benzene rings is 2. The topological polar surface area (TPSA) is 40.6 Å². The lowest BCUT2D eigenvalue weighted by Gasteiger charge is -2.27. The Bertz CT molecular complexity index is 793. The highest BCUT2D eigenvalue weighted by atomic mass is 35.5. The van der Waals surface area contributed by atoms with Gasteiger partial charge in [0, 0.05) is 24.2 Å². The predicted octanol–water partition coefficient (Wildman–Crippen LogP) is 4.71. The van der Waals surface area contributed by atoms with E-state index in [9.17, 15) is 9.59 Å². The van der Waals surface area contributed by atoms with Crippen LogP contribution >= 0.6 is 23.2 Å². The van der Waals surface area contributed by atoms with Crippen molar-refractivity contribution in [2.45, 2.75) is 20.8 Å². The lowest BCUT2D eigenvalue weighted by Crippen LogP contribution is -2.42. The number of amides is 2. The zero-order valence-corrected chi connectivity index (χ0v) is 15.9. The number of likely N-dealkylation sites (N-methyl/N-ethyl adjacent to an activating group) is 1. The minimum absolute atomic E-state index is 0.114. The fourth-order valence-electron chi connectivity index (χ4n) is 2.58. The zero-order chi connectivity index (χ0) is 18.6. The number of carbonyl (C=O) groups excluding carboxylic acids is 2. The molecule has 2 amide bonds. The van der Waals surface area contributed by atoms with E-state index in [2.05, 4.69) is 0 Å². The molecule has 0 atom stereocenters. The Balaban J connectivity index is 2.30. The number of aryl methyl sites for hydroxylation is 1. The van der Waals surface area contributed by atoms with E-state index < -0.39 is 0 Å². The van der Waals surface area contributed by atoms with E-state index in [0.29, 0.717) is 22.3 Å². The molecule has 0 saturated carbocycles. The Labute approximate surface area is 157 Å². The van der Waals surface area contributed by atoms with Gasteiger partial charge in [-0.1, -0.05) is 35.3 Å². The summed E-state index contributed by atoms with van der Waals surface area (Å²) in [4.78, 5) is 27.9. The van der Waals surface area contributed by atoms with Crippen molar-refractivity contribution in [2.75, 3.05) is 22.9 Å². The summed E-state index contributed by atoms with van der Waals surface area (Å²) >= 11 is 12.2.